The Hall–Kier alpha value is -1.18. The number of hydrogen-bond acceptors (Lipinski definition) is 6. The van der Waals surface area contributed by atoms with Gasteiger partial charge in [-0.05, 0) is 22.0 Å². The third-order valence-electron chi connectivity index (χ3n) is 1.51. The molecule has 1 aromatic rings. The van der Waals surface area contributed by atoms with Crippen molar-refractivity contribution in [3.8, 4) is 0 Å². The normalized spacial score (nSPS) is 20.8. The Balaban J connectivity index is 2.35. The lowest BCUT2D eigenvalue weighted by Gasteiger charge is -2.10. The van der Waals surface area contributed by atoms with Crippen LogP contribution >= 0.6 is 11.5 Å². The first-order valence-electron chi connectivity index (χ1n) is 3.64. The number of nitrogens with one attached hydrogen (secondary N) is 1. The minimum Gasteiger partial charge on any atom is -0.567 e. The smallest absolute Gasteiger partial charge is 0.220 e. The van der Waals surface area contributed by atoms with E-state index in [0.717, 1.165) is 0 Å². The van der Waals surface area contributed by atoms with Gasteiger partial charge in [-0.3, -0.25) is 4.79 Å². The van der Waals surface area contributed by atoms with Crippen molar-refractivity contribution >= 4 is 35.1 Å². The number of rotatable bonds is 2. The number of allylic oxidation sites excluding steroid dienone is 2. The molecule has 1 aromatic heterocycles. The molecule has 0 saturated heterocycles. The van der Waals surface area contributed by atoms with Gasteiger partial charge in [0, 0.05) is 11.5 Å². The van der Waals surface area contributed by atoms with Crippen molar-refractivity contribution in [2.24, 2.45) is 4.40 Å². The SMILES string of the molecule is O=CC1=CC(c2ccsn2)=N[S+]([O-])N1. The fraction of sp³-hybridized carbons (Fsp3) is 0. The van der Waals surface area contributed by atoms with E-state index < -0.39 is 11.5 Å². The summed E-state index contributed by atoms with van der Waals surface area (Å²) in [6.07, 6.45) is 2.11. The Morgan fingerprint density at radius 1 is 1.64 bits per heavy atom. The minimum atomic E-state index is -1.58. The van der Waals surface area contributed by atoms with Gasteiger partial charge in [0.2, 0.25) is 11.5 Å². The second-order valence-electron chi connectivity index (χ2n) is 2.43. The van der Waals surface area contributed by atoms with Gasteiger partial charge in [-0.1, -0.05) is 0 Å². The zero-order valence-corrected chi connectivity index (χ0v) is 8.47. The zero-order valence-electron chi connectivity index (χ0n) is 6.84. The van der Waals surface area contributed by atoms with E-state index in [9.17, 15) is 9.35 Å². The monoisotopic (exact) mass is 227 g/mol. The standard InChI is InChI=1S/C7H5N3O2S2/c11-4-5-3-7(10-14(12)9-5)6-1-2-13-8-6/h1-4,9H. The Bertz CT molecular complexity index is 399. The van der Waals surface area contributed by atoms with Crippen LogP contribution < -0.4 is 4.72 Å². The van der Waals surface area contributed by atoms with Gasteiger partial charge in [0.05, 0.1) is 0 Å². The van der Waals surface area contributed by atoms with E-state index in [2.05, 4.69) is 13.5 Å². The van der Waals surface area contributed by atoms with Gasteiger partial charge in [-0.2, -0.15) is 9.10 Å². The van der Waals surface area contributed by atoms with Crippen LogP contribution in [0.3, 0.4) is 0 Å². The molecule has 1 aliphatic rings. The van der Waals surface area contributed by atoms with Crippen LogP contribution in [0.4, 0.5) is 0 Å². The molecule has 7 heteroatoms. The van der Waals surface area contributed by atoms with Gasteiger partial charge in [-0.15, -0.1) is 0 Å². The second kappa shape index (κ2) is 3.91. The summed E-state index contributed by atoms with van der Waals surface area (Å²) in [5, 5.41) is 1.79. The lowest BCUT2D eigenvalue weighted by molar-refractivity contribution is -0.105. The molecular formula is C7H5N3O2S2. The van der Waals surface area contributed by atoms with Gasteiger partial charge >= 0.3 is 0 Å². The highest BCUT2D eigenvalue weighted by Gasteiger charge is 2.19. The minimum absolute atomic E-state index is 0.251. The van der Waals surface area contributed by atoms with Gasteiger partial charge in [0.25, 0.3) is 0 Å². The van der Waals surface area contributed by atoms with Crippen molar-refractivity contribution in [1.29, 1.82) is 0 Å². The van der Waals surface area contributed by atoms with Crippen LogP contribution in [0.1, 0.15) is 5.69 Å². The molecule has 0 spiro atoms. The average molecular weight is 227 g/mol. The highest BCUT2D eigenvalue weighted by atomic mass is 32.2. The van der Waals surface area contributed by atoms with Crippen molar-refractivity contribution < 1.29 is 9.35 Å². The predicted molar refractivity (Wildman–Crippen MR) is 54.1 cm³/mol. The maximum absolute atomic E-state index is 11.1. The van der Waals surface area contributed by atoms with Gasteiger partial charge < -0.3 is 4.55 Å². The van der Waals surface area contributed by atoms with Crippen molar-refractivity contribution in [2.45, 2.75) is 0 Å². The molecule has 1 N–H and O–H groups in total. The summed E-state index contributed by atoms with van der Waals surface area (Å²) in [4.78, 5) is 10.5. The number of nitrogens with zero attached hydrogens (tertiary/aromatic N) is 2. The van der Waals surface area contributed by atoms with E-state index in [-0.39, 0.29) is 5.70 Å². The molecule has 1 unspecified atom stereocenters. The van der Waals surface area contributed by atoms with Crippen LogP contribution in [-0.2, 0) is 16.3 Å². The van der Waals surface area contributed by atoms with E-state index in [1.807, 2.05) is 0 Å². The summed E-state index contributed by atoms with van der Waals surface area (Å²) in [5.74, 6) is 0. The summed E-state index contributed by atoms with van der Waals surface area (Å²) in [6, 6.07) is 1.75. The molecular weight excluding hydrogens is 222 g/mol. The zero-order chi connectivity index (χ0) is 9.97. The second-order valence-corrected chi connectivity index (χ2v) is 3.98. The first-order chi connectivity index (χ1) is 6.79. The highest BCUT2D eigenvalue weighted by Crippen LogP contribution is 2.10. The van der Waals surface area contributed by atoms with Gasteiger partial charge in [0.15, 0.2) is 6.29 Å². The van der Waals surface area contributed by atoms with E-state index in [1.54, 1.807) is 11.4 Å². The lowest BCUT2D eigenvalue weighted by Crippen LogP contribution is -2.27. The summed E-state index contributed by atoms with van der Waals surface area (Å²) in [5.41, 5.74) is 1.34. The van der Waals surface area contributed by atoms with Crippen LogP contribution in [0.25, 0.3) is 0 Å². The Morgan fingerprint density at radius 2 is 2.50 bits per heavy atom. The molecule has 0 amide bonds. The molecule has 0 aliphatic carbocycles. The maximum Gasteiger partial charge on any atom is 0.220 e. The molecule has 0 radical (unpaired) electrons. The lowest BCUT2D eigenvalue weighted by atomic mass is 10.2. The van der Waals surface area contributed by atoms with Gasteiger partial charge in [-0.25, -0.2) is 0 Å². The van der Waals surface area contributed by atoms with Crippen molar-refractivity contribution in [3.63, 3.8) is 0 Å². The molecule has 0 bridgehead atoms. The number of aldehydes is 1. The van der Waals surface area contributed by atoms with Crippen LogP contribution in [-0.4, -0.2) is 20.9 Å². The Morgan fingerprint density at radius 3 is 3.14 bits per heavy atom. The fourth-order valence-electron chi connectivity index (χ4n) is 0.940. The van der Waals surface area contributed by atoms with E-state index in [1.165, 1.54) is 17.6 Å². The maximum atomic E-state index is 11.1. The number of carbonyl (C=O) groups excluding carboxylic acids is 1. The molecule has 2 heterocycles. The Labute approximate surface area is 87.2 Å². The molecule has 1 atom stereocenters. The predicted octanol–water partition coefficient (Wildman–Crippen LogP) is 0.197. The van der Waals surface area contributed by atoms with Crippen LogP contribution in [0.5, 0.6) is 0 Å². The molecule has 0 saturated carbocycles. The molecule has 14 heavy (non-hydrogen) atoms. The summed E-state index contributed by atoms with van der Waals surface area (Å²) >= 11 is -0.306. The Kier molecular flexibility index (Phi) is 2.62. The average Bonchev–Trinajstić information content (AvgIpc) is 2.69. The van der Waals surface area contributed by atoms with E-state index in [4.69, 9.17) is 0 Å². The van der Waals surface area contributed by atoms with E-state index >= 15 is 0 Å². The summed E-state index contributed by atoms with van der Waals surface area (Å²) in [6.45, 7) is 0. The van der Waals surface area contributed by atoms with Crippen molar-refractivity contribution in [2.75, 3.05) is 0 Å². The first-order valence-corrected chi connectivity index (χ1v) is 5.59. The van der Waals surface area contributed by atoms with E-state index in [0.29, 0.717) is 17.7 Å². The third-order valence-corrected chi connectivity index (χ3v) is 2.84. The molecule has 1 aliphatic heterocycles. The number of carbonyl (C=O) groups is 1. The summed E-state index contributed by atoms with van der Waals surface area (Å²) < 4.78 is 21.4. The first kappa shape index (κ1) is 9.38. The fourth-order valence-corrected chi connectivity index (χ4v) is 2.14. The number of hydrogen-bond donors (Lipinski definition) is 1. The van der Waals surface area contributed by atoms with Crippen molar-refractivity contribution in [3.05, 3.63) is 28.9 Å². The van der Waals surface area contributed by atoms with Crippen LogP contribution in [0, 0.1) is 0 Å². The highest BCUT2D eigenvalue weighted by molar-refractivity contribution is 7.88. The number of aromatic nitrogens is 1. The van der Waals surface area contributed by atoms with Crippen LogP contribution in [0.15, 0.2) is 27.6 Å². The molecule has 72 valence electrons. The molecule has 0 fully saturated rings. The third kappa shape index (κ3) is 1.84. The van der Waals surface area contributed by atoms with Gasteiger partial charge in [0.1, 0.15) is 17.1 Å². The topological polar surface area (TPSA) is 77.4 Å². The quantitative estimate of drug-likeness (QED) is 0.578. The summed E-state index contributed by atoms with van der Waals surface area (Å²) in [7, 11) is 0. The molecule has 0 aromatic carbocycles. The van der Waals surface area contributed by atoms with Crippen LogP contribution in [0.2, 0.25) is 0 Å². The molecule has 2 rings (SSSR count). The largest absolute Gasteiger partial charge is 0.567 e. The van der Waals surface area contributed by atoms with Crippen molar-refractivity contribution in [1.82, 2.24) is 9.10 Å². The molecule has 5 nitrogen and oxygen atoms in total.